The Hall–Kier alpha value is -1.70. The summed E-state index contributed by atoms with van der Waals surface area (Å²) in [5.41, 5.74) is 3.10. The molecule has 0 heterocycles. The molecule has 2 rings (SSSR count). The van der Waals surface area contributed by atoms with E-state index in [9.17, 15) is 10.2 Å². The Bertz CT molecular complexity index is 506. The van der Waals surface area contributed by atoms with Gasteiger partial charge in [-0.05, 0) is 63.6 Å². The van der Waals surface area contributed by atoms with Crippen molar-refractivity contribution in [1.29, 1.82) is 0 Å². The number of allylic oxidation sites excluding steroid dienone is 3. The average Bonchev–Trinajstić information content (AvgIpc) is 2.65. The third kappa shape index (κ3) is 10.9. The Kier molecular flexibility index (Phi) is 18.0. The van der Waals surface area contributed by atoms with Crippen molar-refractivity contribution >= 4 is 0 Å². The summed E-state index contributed by atoms with van der Waals surface area (Å²) < 4.78 is 0. The van der Waals surface area contributed by atoms with Crippen LogP contribution in [0.3, 0.4) is 0 Å². The van der Waals surface area contributed by atoms with Crippen LogP contribution in [0.15, 0.2) is 36.4 Å². The molecule has 2 nitrogen and oxygen atoms in total. The van der Waals surface area contributed by atoms with E-state index in [1.165, 1.54) is 18.4 Å². The molecule has 0 radical (unpaired) electrons. The molecule has 1 aliphatic carbocycles. The van der Waals surface area contributed by atoms with Gasteiger partial charge in [-0.2, -0.15) is 0 Å². The summed E-state index contributed by atoms with van der Waals surface area (Å²) in [5.74, 6) is 0.674. The Balaban J connectivity index is 0. The zero-order valence-electron chi connectivity index (χ0n) is 18.9. The Morgan fingerprint density at radius 3 is 2.04 bits per heavy atom. The molecular weight excluding hydrogens is 332 g/mol. The van der Waals surface area contributed by atoms with Crippen molar-refractivity contribution in [3.05, 3.63) is 47.6 Å². The predicted octanol–water partition coefficient (Wildman–Crippen LogP) is 8.29. The van der Waals surface area contributed by atoms with Crippen molar-refractivity contribution in [3.8, 4) is 11.5 Å². The van der Waals surface area contributed by atoms with Crippen LogP contribution in [0.5, 0.6) is 11.5 Å². The highest BCUT2D eigenvalue weighted by atomic mass is 16.3. The lowest BCUT2D eigenvalue weighted by Crippen LogP contribution is -2.03. The van der Waals surface area contributed by atoms with Crippen LogP contribution in [0.2, 0.25) is 0 Å². The highest BCUT2D eigenvalue weighted by molar-refractivity contribution is 5.50. The molecule has 1 atom stereocenters. The van der Waals surface area contributed by atoms with Crippen molar-refractivity contribution in [2.24, 2.45) is 0 Å². The van der Waals surface area contributed by atoms with Crippen LogP contribution in [0.25, 0.3) is 0 Å². The van der Waals surface area contributed by atoms with Crippen molar-refractivity contribution in [1.82, 2.24) is 0 Å². The first-order valence-corrected chi connectivity index (χ1v) is 10.8. The smallest absolute Gasteiger partial charge is 0.123 e. The van der Waals surface area contributed by atoms with Gasteiger partial charge in [-0.1, -0.05) is 65.2 Å². The van der Waals surface area contributed by atoms with Crippen LogP contribution >= 0.6 is 0 Å². The molecule has 0 amide bonds. The predicted molar refractivity (Wildman–Crippen MR) is 122 cm³/mol. The van der Waals surface area contributed by atoms with Crippen molar-refractivity contribution in [3.63, 3.8) is 0 Å². The molecule has 156 valence electrons. The molecular formula is C25H44O2. The Morgan fingerprint density at radius 1 is 1.07 bits per heavy atom. The number of phenolic OH excluding ortho intramolecular Hbond substituents is 2. The molecule has 1 aromatic rings. The van der Waals surface area contributed by atoms with E-state index in [0.717, 1.165) is 37.7 Å². The van der Waals surface area contributed by atoms with Gasteiger partial charge in [0, 0.05) is 11.5 Å². The maximum Gasteiger partial charge on any atom is 0.123 e. The van der Waals surface area contributed by atoms with Gasteiger partial charge in [0.05, 0.1) is 0 Å². The fraction of sp³-hybridized carbons (Fsp3) is 0.600. The van der Waals surface area contributed by atoms with Crippen molar-refractivity contribution in [2.75, 3.05) is 0 Å². The quantitative estimate of drug-likeness (QED) is 0.401. The van der Waals surface area contributed by atoms with Crippen LogP contribution in [-0.2, 0) is 6.42 Å². The molecule has 1 aliphatic rings. The van der Waals surface area contributed by atoms with Crippen LogP contribution in [0.4, 0.5) is 0 Å². The van der Waals surface area contributed by atoms with Gasteiger partial charge < -0.3 is 10.2 Å². The third-order valence-electron chi connectivity index (χ3n) is 4.21. The molecule has 0 aliphatic heterocycles. The van der Waals surface area contributed by atoms with E-state index in [4.69, 9.17) is 0 Å². The third-order valence-corrected chi connectivity index (χ3v) is 4.21. The summed E-state index contributed by atoms with van der Waals surface area (Å²) in [6, 6.07) is 3.67. The van der Waals surface area contributed by atoms with Gasteiger partial charge >= 0.3 is 0 Å². The lowest BCUT2D eigenvalue weighted by Gasteiger charge is -2.22. The van der Waals surface area contributed by atoms with Gasteiger partial charge in [-0.3, -0.25) is 0 Å². The Labute approximate surface area is 169 Å². The van der Waals surface area contributed by atoms with Gasteiger partial charge in [0.15, 0.2) is 0 Å². The number of benzene rings is 1. The molecule has 0 fully saturated rings. The molecule has 0 bridgehead atoms. The summed E-state index contributed by atoms with van der Waals surface area (Å²) in [6.07, 6.45) is 11.6. The second-order valence-electron chi connectivity index (χ2n) is 6.42. The summed E-state index contributed by atoms with van der Waals surface area (Å²) in [4.78, 5) is 0. The number of rotatable bonds is 5. The topological polar surface area (TPSA) is 40.5 Å². The highest BCUT2D eigenvalue weighted by Crippen LogP contribution is 2.41. The zero-order valence-corrected chi connectivity index (χ0v) is 18.9. The summed E-state index contributed by atoms with van der Waals surface area (Å²) in [7, 11) is 0. The molecule has 27 heavy (non-hydrogen) atoms. The van der Waals surface area contributed by atoms with Crippen LogP contribution < -0.4 is 0 Å². The average molecular weight is 377 g/mol. The SMILES string of the molecule is C=CC.CC.CC.CCCCCc1cc(O)c(C2C=C(C)CCC2)c(O)c1. The number of hydrogen-bond donors (Lipinski definition) is 2. The van der Waals surface area contributed by atoms with Crippen LogP contribution in [0, 0.1) is 0 Å². The minimum Gasteiger partial charge on any atom is -0.507 e. The molecule has 0 spiro atoms. The number of aromatic hydroxyl groups is 2. The first-order valence-electron chi connectivity index (χ1n) is 10.8. The fourth-order valence-corrected chi connectivity index (χ4v) is 3.12. The fourth-order valence-electron chi connectivity index (χ4n) is 3.12. The number of unbranched alkanes of at least 4 members (excludes halogenated alkanes) is 2. The van der Waals surface area contributed by atoms with E-state index in [2.05, 4.69) is 26.5 Å². The Morgan fingerprint density at radius 2 is 1.59 bits per heavy atom. The summed E-state index contributed by atoms with van der Waals surface area (Å²) in [6.45, 7) is 17.6. The normalized spacial score (nSPS) is 14.9. The molecule has 1 unspecified atom stereocenters. The van der Waals surface area contributed by atoms with Crippen molar-refractivity contribution < 1.29 is 10.2 Å². The summed E-state index contributed by atoms with van der Waals surface area (Å²) in [5, 5.41) is 20.6. The highest BCUT2D eigenvalue weighted by Gasteiger charge is 2.21. The maximum absolute atomic E-state index is 10.3. The molecule has 0 saturated heterocycles. The van der Waals surface area contributed by atoms with Gasteiger partial charge in [0.25, 0.3) is 0 Å². The summed E-state index contributed by atoms with van der Waals surface area (Å²) >= 11 is 0. The first-order chi connectivity index (χ1) is 13.0. The first kappa shape index (κ1) is 27.5. The minimum absolute atomic E-state index is 0.161. The lowest BCUT2D eigenvalue weighted by atomic mass is 9.84. The minimum atomic E-state index is 0.161. The number of aryl methyl sites for hydroxylation is 1. The largest absolute Gasteiger partial charge is 0.507 e. The molecule has 2 N–H and O–H groups in total. The van der Waals surface area contributed by atoms with Crippen LogP contribution in [-0.4, -0.2) is 10.2 Å². The van der Waals surface area contributed by atoms with E-state index in [1.807, 2.05) is 46.8 Å². The van der Waals surface area contributed by atoms with E-state index < -0.39 is 0 Å². The lowest BCUT2D eigenvalue weighted by molar-refractivity contribution is 0.427. The molecule has 2 heteroatoms. The van der Waals surface area contributed by atoms with Crippen molar-refractivity contribution in [2.45, 2.75) is 99.3 Å². The monoisotopic (exact) mass is 376 g/mol. The number of phenols is 2. The van der Waals surface area contributed by atoms with Gasteiger partial charge in [0.1, 0.15) is 11.5 Å². The van der Waals surface area contributed by atoms with Gasteiger partial charge in [-0.25, -0.2) is 0 Å². The van der Waals surface area contributed by atoms with E-state index >= 15 is 0 Å². The molecule has 0 saturated carbocycles. The second-order valence-corrected chi connectivity index (χ2v) is 6.42. The van der Waals surface area contributed by atoms with Gasteiger partial charge in [-0.15, -0.1) is 6.58 Å². The van der Waals surface area contributed by atoms with Crippen LogP contribution in [0.1, 0.15) is 104 Å². The maximum atomic E-state index is 10.3. The molecule has 0 aromatic heterocycles. The van der Waals surface area contributed by atoms with E-state index in [1.54, 1.807) is 6.08 Å². The number of hydrogen-bond acceptors (Lipinski definition) is 2. The van der Waals surface area contributed by atoms with E-state index in [-0.39, 0.29) is 17.4 Å². The second kappa shape index (κ2) is 17.7. The standard InChI is InChI=1S/C18H26O2.C3H6.2C2H6/c1-3-4-5-8-14-11-16(19)18(17(20)12-14)15-9-6-7-13(2)10-15;1-3-2;2*1-2/h10-12,15,19-20H,3-9H2,1-2H3;3H,1H2,2H3;2*1-2H3. The van der Waals surface area contributed by atoms with Gasteiger partial charge in [0.2, 0.25) is 0 Å². The molecule has 1 aromatic carbocycles. The van der Waals surface area contributed by atoms with E-state index in [0.29, 0.717) is 5.56 Å². The zero-order chi connectivity index (χ0) is 21.2.